The fourth-order valence-corrected chi connectivity index (χ4v) is 3.82. The minimum absolute atomic E-state index is 0.304. The van der Waals surface area contributed by atoms with Crippen molar-refractivity contribution in [2.24, 2.45) is 0 Å². The van der Waals surface area contributed by atoms with E-state index in [-0.39, 0.29) is 0 Å². The average Bonchev–Trinajstić information content (AvgIpc) is 3.24. The third-order valence-electron chi connectivity index (χ3n) is 5.56. The van der Waals surface area contributed by atoms with Gasteiger partial charge in [0.1, 0.15) is 5.82 Å². The maximum absolute atomic E-state index is 11.5. The van der Waals surface area contributed by atoms with Crippen LogP contribution in [0.1, 0.15) is 40.1 Å². The Morgan fingerprint density at radius 1 is 0.909 bits per heavy atom. The van der Waals surface area contributed by atoms with Crippen LogP contribution in [0.2, 0.25) is 0 Å². The van der Waals surface area contributed by atoms with Gasteiger partial charge in [0.05, 0.1) is 12.1 Å². The van der Waals surface area contributed by atoms with Crippen LogP contribution in [0.4, 0.5) is 0 Å². The molecule has 166 valence electrons. The van der Waals surface area contributed by atoms with Crippen LogP contribution >= 0.6 is 0 Å². The molecule has 1 aromatic heterocycles. The Morgan fingerprint density at radius 2 is 1.64 bits per heavy atom. The maximum atomic E-state index is 11.5. The molecule has 5 heteroatoms. The van der Waals surface area contributed by atoms with E-state index >= 15 is 0 Å². The first-order chi connectivity index (χ1) is 16.1. The van der Waals surface area contributed by atoms with Gasteiger partial charge in [0.15, 0.2) is 5.82 Å². The molecule has 0 spiro atoms. The predicted octanol–water partition coefficient (Wildman–Crippen LogP) is 5.60. The zero-order valence-corrected chi connectivity index (χ0v) is 18.7. The SMILES string of the molecule is C/C=C/Cc1nc(CCc2ccccc2)nn1Cc1ccc(-c2ccccc2C(=O)O)cc1. The lowest BCUT2D eigenvalue weighted by Crippen LogP contribution is -2.07. The molecule has 4 rings (SSSR count). The van der Waals surface area contributed by atoms with Crippen LogP contribution < -0.4 is 0 Å². The third-order valence-corrected chi connectivity index (χ3v) is 5.56. The van der Waals surface area contributed by atoms with Crippen LogP contribution in [0.25, 0.3) is 11.1 Å². The quantitative estimate of drug-likeness (QED) is 0.346. The second-order valence-electron chi connectivity index (χ2n) is 7.91. The van der Waals surface area contributed by atoms with Gasteiger partial charge in [0.25, 0.3) is 0 Å². The van der Waals surface area contributed by atoms with Crippen molar-refractivity contribution >= 4 is 5.97 Å². The van der Waals surface area contributed by atoms with Crippen molar-refractivity contribution in [1.82, 2.24) is 14.8 Å². The molecule has 0 atom stereocenters. The molecule has 0 saturated heterocycles. The average molecular weight is 438 g/mol. The first kappa shape index (κ1) is 22.2. The van der Waals surface area contributed by atoms with E-state index in [9.17, 15) is 9.90 Å². The highest BCUT2D eigenvalue weighted by molar-refractivity contribution is 5.95. The van der Waals surface area contributed by atoms with E-state index in [0.29, 0.717) is 17.7 Å². The lowest BCUT2D eigenvalue weighted by Gasteiger charge is -2.09. The summed E-state index contributed by atoms with van der Waals surface area (Å²) in [6.45, 7) is 2.62. The monoisotopic (exact) mass is 437 g/mol. The molecule has 1 heterocycles. The standard InChI is InChI=1S/C28H27N3O2/c1-2-3-13-27-29-26(19-16-21-9-5-4-6-10-21)30-31(27)20-22-14-17-23(18-15-22)24-11-7-8-12-25(24)28(32)33/h2-12,14-15,17-18H,13,16,19-20H2,1H3,(H,32,33)/b3-2+. The highest BCUT2D eigenvalue weighted by Gasteiger charge is 2.12. The number of aromatic nitrogens is 3. The normalized spacial score (nSPS) is 11.2. The van der Waals surface area contributed by atoms with Crippen LogP contribution in [0, 0.1) is 0 Å². The molecule has 3 aromatic carbocycles. The van der Waals surface area contributed by atoms with Crippen LogP contribution in [-0.2, 0) is 25.8 Å². The summed E-state index contributed by atoms with van der Waals surface area (Å²) in [5.41, 5.74) is 4.27. The number of hydrogen-bond donors (Lipinski definition) is 1. The molecule has 1 N–H and O–H groups in total. The molecular formula is C28H27N3O2. The number of aromatic carboxylic acids is 1. The van der Waals surface area contributed by atoms with Crippen LogP contribution in [0.3, 0.4) is 0 Å². The number of hydrogen-bond acceptors (Lipinski definition) is 3. The van der Waals surface area contributed by atoms with Crippen molar-refractivity contribution in [3.8, 4) is 11.1 Å². The first-order valence-electron chi connectivity index (χ1n) is 11.1. The fourth-order valence-electron chi connectivity index (χ4n) is 3.82. The summed E-state index contributed by atoms with van der Waals surface area (Å²) in [5.74, 6) is 0.871. The lowest BCUT2D eigenvalue weighted by molar-refractivity contribution is 0.0697. The molecule has 0 aliphatic carbocycles. The van der Waals surface area contributed by atoms with Gasteiger partial charge in [-0.15, -0.1) is 0 Å². The summed E-state index contributed by atoms with van der Waals surface area (Å²) in [4.78, 5) is 16.3. The number of carbonyl (C=O) groups is 1. The molecule has 5 nitrogen and oxygen atoms in total. The minimum Gasteiger partial charge on any atom is -0.478 e. The Kier molecular flexibility index (Phi) is 7.10. The van der Waals surface area contributed by atoms with Gasteiger partial charge in [0, 0.05) is 12.8 Å². The van der Waals surface area contributed by atoms with Crippen molar-refractivity contribution in [2.75, 3.05) is 0 Å². The van der Waals surface area contributed by atoms with Gasteiger partial charge in [-0.25, -0.2) is 14.5 Å². The van der Waals surface area contributed by atoms with Crippen LogP contribution in [-0.4, -0.2) is 25.8 Å². The third kappa shape index (κ3) is 5.63. The summed E-state index contributed by atoms with van der Waals surface area (Å²) in [5, 5.41) is 14.3. The van der Waals surface area contributed by atoms with Gasteiger partial charge in [-0.05, 0) is 41.7 Å². The van der Waals surface area contributed by atoms with Crippen molar-refractivity contribution in [2.45, 2.75) is 32.7 Å². The predicted molar refractivity (Wildman–Crippen MR) is 130 cm³/mol. The van der Waals surface area contributed by atoms with E-state index in [4.69, 9.17) is 10.1 Å². The second kappa shape index (κ2) is 10.6. The smallest absolute Gasteiger partial charge is 0.336 e. The van der Waals surface area contributed by atoms with Crippen LogP contribution in [0.5, 0.6) is 0 Å². The summed E-state index contributed by atoms with van der Waals surface area (Å²) < 4.78 is 1.97. The molecule has 0 aliphatic rings. The molecule has 0 amide bonds. The highest BCUT2D eigenvalue weighted by Crippen LogP contribution is 2.24. The largest absolute Gasteiger partial charge is 0.478 e. The zero-order valence-electron chi connectivity index (χ0n) is 18.7. The number of aryl methyl sites for hydroxylation is 2. The topological polar surface area (TPSA) is 68.0 Å². The molecule has 0 saturated carbocycles. The van der Waals surface area contributed by atoms with Gasteiger partial charge in [-0.1, -0.05) is 84.9 Å². The van der Waals surface area contributed by atoms with E-state index in [0.717, 1.165) is 42.0 Å². The Bertz CT molecular complexity index is 1240. The van der Waals surface area contributed by atoms with Gasteiger partial charge in [-0.2, -0.15) is 5.10 Å². The van der Waals surface area contributed by atoms with E-state index in [1.54, 1.807) is 12.1 Å². The molecule has 33 heavy (non-hydrogen) atoms. The number of benzene rings is 3. The molecule has 0 radical (unpaired) electrons. The van der Waals surface area contributed by atoms with Crippen molar-refractivity contribution < 1.29 is 9.90 Å². The van der Waals surface area contributed by atoms with Crippen molar-refractivity contribution in [1.29, 1.82) is 0 Å². The Morgan fingerprint density at radius 3 is 2.36 bits per heavy atom. The molecule has 4 aromatic rings. The number of carboxylic acids is 1. The number of rotatable bonds is 9. The van der Waals surface area contributed by atoms with Crippen molar-refractivity contribution in [3.63, 3.8) is 0 Å². The summed E-state index contributed by atoms with van der Waals surface area (Å²) in [6.07, 6.45) is 6.56. The van der Waals surface area contributed by atoms with Crippen molar-refractivity contribution in [3.05, 3.63) is 119 Å². The van der Waals surface area contributed by atoms with E-state index in [1.807, 2.05) is 60.1 Å². The lowest BCUT2D eigenvalue weighted by atomic mass is 9.99. The zero-order chi connectivity index (χ0) is 23.0. The highest BCUT2D eigenvalue weighted by atomic mass is 16.4. The summed E-state index contributed by atoms with van der Waals surface area (Å²) in [6, 6.07) is 25.4. The number of allylic oxidation sites excluding steroid dienone is 2. The second-order valence-corrected chi connectivity index (χ2v) is 7.91. The molecule has 0 fully saturated rings. The van der Waals surface area contributed by atoms with E-state index < -0.39 is 5.97 Å². The fraction of sp³-hybridized carbons (Fsp3) is 0.179. The molecule has 0 aliphatic heterocycles. The van der Waals surface area contributed by atoms with Gasteiger partial charge >= 0.3 is 5.97 Å². The first-order valence-corrected chi connectivity index (χ1v) is 11.1. The Hall–Kier alpha value is -3.99. The maximum Gasteiger partial charge on any atom is 0.336 e. The molecule has 0 bridgehead atoms. The summed E-state index contributed by atoms with van der Waals surface area (Å²) >= 11 is 0. The van der Waals surface area contributed by atoms with Gasteiger partial charge in [-0.3, -0.25) is 0 Å². The van der Waals surface area contributed by atoms with Crippen LogP contribution in [0.15, 0.2) is 91.0 Å². The molecular weight excluding hydrogens is 410 g/mol. The minimum atomic E-state index is -0.922. The van der Waals surface area contributed by atoms with Gasteiger partial charge in [0.2, 0.25) is 0 Å². The number of carboxylic acid groups (broad SMARTS) is 1. The Labute approximate surface area is 194 Å². The van der Waals surface area contributed by atoms with E-state index in [1.165, 1.54) is 5.56 Å². The number of nitrogens with zero attached hydrogens (tertiary/aromatic N) is 3. The van der Waals surface area contributed by atoms with Gasteiger partial charge < -0.3 is 5.11 Å². The Balaban J connectivity index is 1.52. The van der Waals surface area contributed by atoms with E-state index in [2.05, 4.69) is 30.3 Å². The molecule has 0 unspecified atom stereocenters. The summed E-state index contributed by atoms with van der Waals surface area (Å²) in [7, 11) is 0.